The second-order valence-corrected chi connectivity index (χ2v) is 4.38. The molecule has 0 saturated carbocycles. The normalized spacial score (nSPS) is 10.1. The van der Waals surface area contributed by atoms with Gasteiger partial charge in [-0.3, -0.25) is 4.79 Å². The van der Waals surface area contributed by atoms with Crippen LogP contribution in [0.4, 0.5) is 0 Å². The fraction of sp³-hybridized carbons (Fsp3) is 0.417. The van der Waals surface area contributed by atoms with Gasteiger partial charge in [0.2, 0.25) is 0 Å². The van der Waals surface area contributed by atoms with Gasteiger partial charge in [-0.2, -0.15) is 11.8 Å². The molecule has 1 rings (SSSR count). The SMILES string of the molecule is CCCSCCC(=O)c1ccccc1. The van der Waals surface area contributed by atoms with E-state index in [-0.39, 0.29) is 5.78 Å². The molecule has 0 atom stereocenters. The fourth-order valence-corrected chi connectivity index (χ4v) is 2.00. The average Bonchev–Trinajstić information content (AvgIpc) is 2.25. The Morgan fingerprint density at radius 2 is 1.93 bits per heavy atom. The molecule has 0 saturated heterocycles. The number of benzene rings is 1. The van der Waals surface area contributed by atoms with Crippen LogP contribution in [0.3, 0.4) is 0 Å². The number of ketones is 1. The van der Waals surface area contributed by atoms with Crippen molar-refractivity contribution in [3.63, 3.8) is 0 Å². The standard InChI is InChI=1S/C12H16OS/c1-2-9-14-10-8-12(13)11-6-4-3-5-7-11/h3-7H,2,8-10H2,1H3. The molecule has 14 heavy (non-hydrogen) atoms. The molecule has 0 spiro atoms. The van der Waals surface area contributed by atoms with Crippen molar-refractivity contribution in [1.29, 1.82) is 0 Å². The van der Waals surface area contributed by atoms with Crippen LogP contribution >= 0.6 is 11.8 Å². The van der Waals surface area contributed by atoms with Crippen molar-refractivity contribution in [3.05, 3.63) is 35.9 Å². The lowest BCUT2D eigenvalue weighted by Gasteiger charge is -2.00. The van der Waals surface area contributed by atoms with Crippen LogP contribution in [0.2, 0.25) is 0 Å². The lowest BCUT2D eigenvalue weighted by molar-refractivity contribution is 0.0989. The molecule has 0 N–H and O–H groups in total. The van der Waals surface area contributed by atoms with E-state index >= 15 is 0 Å². The van der Waals surface area contributed by atoms with Crippen LogP contribution in [-0.2, 0) is 0 Å². The predicted octanol–water partition coefficient (Wildman–Crippen LogP) is 3.40. The zero-order valence-corrected chi connectivity index (χ0v) is 9.35. The van der Waals surface area contributed by atoms with Crippen LogP contribution in [0.15, 0.2) is 30.3 Å². The van der Waals surface area contributed by atoms with E-state index in [1.54, 1.807) is 0 Å². The van der Waals surface area contributed by atoms with Gasteiger partial charge in [-0.25, -0.2) is 0 Å². The quantitative estimate of drug-likeness (QED) is 0.526. The Morgan fingerprint density at radius 3 is 2.57 bits per heavy atom. The van der Waals surface area contributed by atoms with Crippen molar-refractivity contribution in [1.82, 2.24) is 0 Å². The van der Waals surface area contributed by atoms with Gasteiger partial charge in [-0.1, -0.05) is 37.3 Å². The first kappa shape index (κ1) is 11.3. The van der Waals surface area contributed by atoms with Gasteiger partial charge >= 0.3 is 0 Å². The Hall–Kier alpha value is -0.760. The molecule has 0 unspecified atom stereocenters. The van der Waals surface area contributed by atoms with Gasteiger partial charge < -0.3 is 0 Å². The highest BCUT2D eigenvalue weighted by Crippen LogP contribution is 2.08. The lowest BCUT2D eigenvalue weighted by atomic mass is 10.1. The van der Waals surface area contributed by atoms with Gasteiger partial charge in [0, 0.05) is 17.7 Å². The van der Waals surface area contributed by atoms with E-state index in [1.165, 1.54) is 6.42 Å². The minimum atomic E-state index is 0.259. The number of carbonyl (C=O) groups is 1. The molecule has 0 aliphatic rings. The van der Waals surface area contributed by atoms with Gasteiger partial charge in [0.1, 0.15) is 0 Å². The molecular formula is C12H16OS. The van der Waals surface area contributed by atoms with Crippen LogP contribution in [0.5, 0.6) is 0 Å². The number of rotatable bonds is 6. The van der Waals surface area contributed by atoms with Gasteiger partial charge in [-0.15, -0.1) is 0 Å². The summed E-state index contributed by atoms with van der Waals surface area (Å²) < 4.78 is 0. The van der Waals surface area contributed by atoms with Crippen LogP contribution in [0.1, 0.15) is 30.1 Å². The summed E-state index contributed by atoms with van der Waals surface area (Å²) in [7, 11) is 0. The molecule has 1 nitrogen and oxygen atoms in total. The molecule has 0 bridgehead atoms. The molecule has 1 aromatic carbocycles. The Morgan fingerprint density at radius 1 is 1.21 bits per heavy atom. The smallest absolute Gasteiger partial charge is 0.163 e. The van der Waals surface area contributed by atoms with Gasteiger partial charge in [0.15, 0.2) is 5.78 Å². The largest absolute Gasteiger partial charge is 0.294 e. The molecule has 0 fully saturated rings. The maximum absolute atomic E-state index is 11.6. The Bertz CT molecular complexity index is 269. The fourth-order valence-electron chi connectivity index (χ4n) is 1.18. The van der Waals surface area contributed by atoms with E-state index in [4.69, 9.17) is 0 Å². The summed E-state index contributed by atoms with van der Waals surface area (Å²) >= 11 is 1.86. The highest BCUT2D eigenvalue weighted by Gasteiger charge is 2.03. The second kappa shape index (κ2) is 6.66. The van der Waals surface area contributed by atoms with Crippen LogP contribution < -0.4 is 0 Å². The number of Topliss-reactive ketones (excluding diaryl/α,β-unsaturated/α-hetero) is 1. The summed E-state index contributed by atoms with van der Waals surface area (Å²) in [4.78, 5) is 11.6. The topological polar surface area (TPSA) is 17.1 Å². The summed E-state index contributed by atoms with van der Waals surface area (Å²) in [5, 5.41) is 0. The summed E-state index contributed by atoms with van der Waals surface area (Å²) in [6.45, 7) is 2.16. The molecule has 2 heteroatoms. The average molecular weight is 208 g/mol. The van der Waals surface area contributed by atoms with Crippen molar-refractivity contribution >= 4 is 17.5 Å². The Kier molecular flexibility index (Phi) is 5.38. The second-order valence-electron chi connectivity index (χ2n) is 3.15. The molecule has 1 aromatic rings. The maximum Gasteiger partial charge on any atom is 0.163 e. The molecule has 0 heterocycles. The zero-order valence-electron chi connectivity index (χ0n) is 8.53. The van der Waals surface area contributed by atoms with Crippen molar-refractivity contribution in [3.8, 4) is 0 Å². The summed E-state index contributed by atoms with van der Waals surface area (Å²) in [6, 6.07) is 9.51. The molecule has 0 amide bonds. The van der Waals surface area contributed by atoms with Crippen molar-refractivity contribution in [2.75, 3.05) is 11.5 Å². The number of hydrogen-bond acceptors (Lipinski definition) is 2. The number of hydrogen-bond donors (Lipinski definition) is 0. The van der Waals surface area contributed by atoms with Crippen molar-refractivity contribution in [2.24, 2.45) is 0 Å². The summed E-state index contributed by atoms with van der Waals surface area (Å²) in [5.74, 6) is 2.36. The molecule has 0 aliphatic heterocycles. The van der Waals surface area contributed by atoms with Gasteiger partial charge in [-0.05, 0) is 12.2 Å². The van der Waals surface area contributed by atoms with E-state index < -0.39 is 0 Å². The van der Waals surface area contributed by atoms with Gasteiger partial charge in [0.05, 0.1) is 0 Å². The molecule has 0 aromatic heterocycles. The third-order valence-electron chi connectivity index (χ3n) is 1.92. The first-order valence-electron chi connectivity index (χ1n) is 5.00. The van der Waals surface area contributed by atoms with E-state index in [0.717, 1.165) is 17.1 Å². The highest BCUT2D eigenvalue weighted by molar-refractivity contribution is 7.99. The van der Waals surface area contributed by atoms with Crippen LogP contribution in [0.25, 0.3) is 0 Å². The Balaban J connectivity index is 2.29. The molecule has 0 radical (unpaired) electrons. The first-order valence-corrected chi connectivity index (χ1v) is 6.16. The molecular weight excluding hydrogens is 192 g/mol. The minimum absolute atomic E-state index is 0.259. The van der Waals surface area contributed by atoms with E-state index in [9.17, 15) is 4.79 Å². The summed E-state index contributed by atoms with van der Waals surface area (Å²) in [5.41, 5.74) is 0.838. The summed E-state index contributed by atoms with van der Waals surface area (Å²) in [6.07, 6.45) is 1.85. The van der Waals surface area contributed by atoms with E-state index in [1.807, 2.05) is 42.1 Å². The third-order valence-corrected chi connectivity index (χ3v) is 3.11. The van der Waals surface area contributed by atoms with Crippen LogP contribution in [-0.4, -0.2) is 17.3 Å². The van der Waals surface area contributed by atoms with E-state index in [2.05, 4.69) is 6.92 Å². The third kappa shape index (κ3) is 3.97. The van der Waals surface area contributed by atoms with Crippen molar-refractivity contribution < 1.29 is 4.79 Å². The van der Waals surface area contributed by atoms with Crippen molar-refractivity contribution in [2.45, 2.75) is 19.8 Å². The Labute approximate surface area is 89.9 Å². The minimum Gasteiger partial charge on any atom is -0.294 e. The maximum atomic E-state index is 11.6. The first-order chi connectivity index (χ1) is 6.84. The van der Waals surface area contributed by atoms with E-state index in [0.29, 0.717) is 6.42 Å². The molecule has 76 valence electrons. The highest BCUT2D eigenvalue weighted by atomic mass is 32.2. The monoisotopic (exact) mass is 208 g/mol. The van der Waals surface area contributed by atoms with Crippen LogP contribution in [0, 0.1) is 0 Å². The van der Waals surface area contributed by atoms with Gasteiger partial charge in [0.25, 0.3) is 0 Å². The predicted molar refractivity (Wildman–Crippen MR) is 63.0 cm³/mol. The molecule has 0 aliphatic carbocycles. The number of thioether (sulfide) groups is 1. The lowest BCUT2D eigenvalue weighted by Crippen LogP contribution is -2.00. The zero-order chi connectivity index (χ0) is 10.2. The number of carbonyl (C=O) groups excluding carboxylic acids is 1.